The van der Waals surface area contributed by atoms with Crippen LogP contribution in [0.15, 0.2) is 16.7 Å². The lowest BCUT2D eigenvalue weighted by Crippen LogP contribution is -2.32. The van der Waals surface area contributed by atoms with Gasteiger partial charge in [-0.1, -0.05) is 11.6 Å². The van der Waals surface area contributed by atoms with Gasteiger partial charge in [0.2, 0.25) is 0 Å². The van der Waals surface area contributed by atoms with Crippen molar-refractivity contribution in [3.63, 3.8) is 0 Å². The zero-order valence-electron chi connectivity index (χ0n) is 7.08. The third-order valence-electron chi connectivity index (χ3n) is 1.64. The predicted molar refractivity (Wildman–Crippen MR) is 56.3 cm³/mol. The Kier molecular flexibility index (Phi) is 3.86. The molecule has 0 aliphatic carbocycles. The van der Waals surface area contributed by atoms with Gasteiger partial charge in [0.15, 0.2) is 0 Å². The molecule has 0 aliphatic rings. The summed E-state index contributed by atoms with van der Waals surface area (Å²) in [5.41, 5.74) is 5.99. The van der Waals surface area contributed by atoms with Crippen LogP contribution in [0.25, 0.3) is 0 Å². The van der Waals surface area contributed by atoms with E-state index in [1.165, 1.54) is 6.20 Å². The molecule has 0 aromatic carbocycles. The Morgan fingerprint density at radius 1 is 1.79 bits per heavy atom. The van der Waals surface area contributed by atoms with Gasteiger partial charge in [0.1, 0.15) is 11.2 Å². The molecule has 0 fully saturated rings. The molecule has 0 radical (unpaired) electrons. The number of hydrogen-bond acceptors (Lipinski definition) is 3. The summed E-state index contributed by atoms with van der Waals surface area (Å²) in [6.07, 6.45) is 1.71. The minimum atomic E-state index is -1.05. The van der Waals surface area contributed by atoms with Gasteiger partial charge in [-0.3, -0.25) is 4.79 Å². The molecule has 1 atom stereocenters. The minimum Gasteiger partial charge on any atom is -0.480 e. The number of nitrogens with zero attached hydrogens (tertiary/aromatic N) is 1. The van der Waals surface area contributed by atoms with Gasteiger partial charge in [0.25, 0.3) is 0 Å². The van der Waals surface area contributed by atoms with E-state index in [2.05, 4.69) is 20.9 Å². The topological polar surface area (TPSA) is 76.2 Å². The Hall–Kier alpha value is -0.650. The van der Waals surface area contributed by atoms with Crippen LogP contribution < -0.4 is 5.73 Å². The molecule has 6 heteroatoms. The van der Waals surface area contributed by atoms with Crippen LogP contribution in [-0.2, 0) is 11.2 Å². The van der Waals surface area contributed by atoms with Gasteiger partial charge in [-0.05, 0) is 27.6 Å². The van der Waals surface area contributed by atoms with Crippen LogP contribution in [0.2, 0.25) is 5.15 Å². The summed E-state index contributed by atoms with van der Waals surface area (Å²) in [5, 5.41) is 8.89. The first-order valence-electron chi connectivity index (χ1n) is 3.79. The third-order valence-corrected chi connectivity index (χ3v) is 2.41. The van der Waals surface area contributed by atoms with Gasteiger partial charge < -0.3 is 10.8 Å². The number of halogens is 2. The molecular weight excluding hydrogens is 271 g/mol. The average molecular weight is 280 g/mol. The van der Waals surface area contributed by atoms with E-state index >= 15 is 0 Å². The van der Waals surface area contributed by atoms with Crippen LogP contribution in [0.4, 0.5) is 0 Å². The van der Waals surface area contributed by atoms with E-state index in [4.69, 9.17) is 22.4 Å². The van der Waals surface area contributed by atoms with Crippen molar-refractivity contribution >= 4 is 33.5 Å². The summed E-state index contributed by atoms with van der Waals surface area (Å²) in [7, 11) is 0. The molecule has 0 spiro atoms. The fourth-order valence-electron chi connectivity index (χ4n) is 0.932. The molecule has 0 amide bonds. The molecular formula is C8H8BrClN2O2. The Morgan fingerprint density at radius 3 is 3.00 bits per heavy atom. The van der Waals surface area contributed by atoms with Crippen molar-refractivity contribution in [2.24, 2.45) is 5.73 Å². The van der Waals surface area contributed by atoms with Gasteiger partial charge in [-0.2, -0.15) is 0 Å². The molecule has 0 saturated heterocycles. The summed E-state index contributed by atoms with van der Waals surface area (Å²) in [6.45, 7) is 0. The predicted octanol–water partition coefficient (Wildman–Crippen LogP) is 1.45. The van der Waals surface area contributed by atoms with Crippen LogP contribution in [0.5, 0.6) is 0 Å². The molecule has 4 nitrogen and oxygen atoms in total. The van der Waals surface area contributed by atoms with E-state index in [0.717, 1.165) is 4.47 Å². The number of rotatable bonds is 3. The number of aromatic nitrogens is 1. The first-order valence-corrected chi connectivity index (χ1v) is 4.96. The van der Waals surface area contributed by atoms with Crippen LogP contribution in [0, 0.1) is 0 Å². The van der Waals surface area contributed by atoms with Crippen molar-refractivity contribution in [3.05, 3.63) is 27.5 Å². The van der Waals surface area contributed by atoms with Gasteiger partial charge >= 0.3 is 5.97 Å². The van der Waals surface area contributed by atoms with E-state index in [0.29, 0.717) is 5.56 Å². The fraction of sp³-hybridized carbons (Fsp3) is 0.250. The highest BCUT2D eigenvalue weighted by atomic mass is 79.9. The van der Waals surface area contributed by atoms with Gasteiger partial charge in [0.05, 0.1) is 0 Å². The number of pyridine rings is 1. The maximum atomic E-state index is 10.5. The lowest BCUT2D eigenvalue weighted by molar-refractivity contribution is -0.138. The normalized spacial score (nSPS) is 12.5. The quantitative estimate of drug-likeness (QED) is 0.821. The monoisotopic (exact) mass is 278 g/mol. The summed E-state index contributed by atoms with van der Waals surface area (Å²) >= 11 is 8.98. The van der Waals surface area contributed by atoms with Gasteiger partial charge in [-0.15, -0.1) is 0 Å². The maximum Gasteiger partial charge on any atom is 0.320 e. The molecule has 0 aliphatic heterocycles. The molecule has 0 saturated carbocycles. The second kappa shape index (κ2) is 4.72. The first kappa shape index (κ1) is 11.4. The second-order valence-electron chi connectivity index (χ2n) is 2.75. The zero-order valence-corrected chi connectivity index (χ0v) is 9.42. The van der Waals surface area contributed by atoms with Crippen molar-refractivity contribution in [3.8, 4) is 0 Å². The van der Waals surface area contributed by atoms with Crippen molar-refractivity contribution in [2.45, 2.75) is 12.5 Å². The van der Waals surface area contributed by atoms with Gasteiger partial charge in [0, 0.05) is 17.1 Å². The number of carboxylic acids is 1. The van der Waals surface area contributed by atoms with E-state index in [9.17, 15) is 4.79 Å². The fourth-order valence-corrected chi connectivity index (χ4v) is 1.49. The summed E-state index contributed by atoms with van der Waals surface area (Å²) in [4.78, 5) is 14.4. The molecule has 1 rings (SSSR count). The zero-order chi connectivity index (χ0) is 10.7. The van der Waals surface area contributed by atoms with E-state index in [1.54, 1.807) is 6.07 Å². The highest BCUT2D eigenvalue weighted by molar-refractivity contribution is 9.10. The largest absolute Gasteiger partial charge is 0.480 e. The Bertz CT molecular complexity index is 359. The van der Waals surface area contributed by atoms with E-state index in [-0.39, 0.29) is 11.6 Å². The highest BCUT2D eigenvalue weighted by Crippen LogP contribution is 2.19. The van der Waals surface area contributed by atoms with Crippen LogP contribution >= 0.6 is 27.5 Å². The first-order chi connectivity index (χ1) is 6.50. The molecule has 1 aromatic rings. The Labute approximate surface area is 94.2 Å². The highest BCUT2D eigenvalue weighted by Gasteiger charge is 2.14. The molecule has 1 unspecified atom stereocenters. The lowest BCUT2D eigenvalue weighted by atomic mass is 10.1. The second-order valence-corrected chi connectivity index (χ2v) is 4.03. The molecule has 1 heterocycles. The van der Waals surface area contributed by atoms with E-state index in [1.807, 2.05) is 0 Å². The molecule has 14 heavy (non-hydrogen) atoms. The smallest absolute Gasteiger partial charge is 0.320 e. The summed E-state index contributed by atoms with van der Waals surface area (Å²) in [6, 6.07) is 0.751. The summed E-state index contributed by atoms with van der Waals surface area (Å²) in [5.74, 6) is -1.05. The molecule has 1 aromatic heterocycles. The van der Waals surface area contributed by atoms with Crippen LogP contribution in [-0.4, -0.2) is 22.1 Å². The SMILES string of the molecule is NC(Cc1cc(Br)cnc1Cl)C(=O)O. The Morgan fingerprint density at radius 2 is 2.43 bits per heavy atom. The maximum absolute atomic E-state index is 10.5. The average Bonchev–Trinajstić information content (AvgIpc) is 2.11. The van der Waals surface area contributed by atoms with Crippen molar-refractivity contribution in [1.82, 2.24) is 4.98 Å². The number of carboxylic acid groups (broad SMARTS) is 1. The molecule has 3 N–H and O–H groups in total. The van der Waals surface area contributed by atoms with Crippen molar-refractivity contribution in [1.29, 1.82) is 0 Å². The van der Waals surface area contributed by atoms with Gasteiger partial charge in [-0.25, -0.2) is 4.98 Å². The third kappa shape index (κ3) is 2.94. The lowest BCUT2D eigenvalue weighted by Gasteiger charge is -2.07. The van der Waals surface area contributed by atoms with Crippen LogP contribution in [0.3, 0.4) is 0 Å². The van der Waals surface area contributed by atoms with Crippen molar-refractivity contribution in [2.75, 3.05) is 0 Å². The molecule has 76 valence electrons. The number of hydrogen-bond donors (Lipinski definition) is 2. The minimum absolute atomic E-state index is 0.167. The molecule has 0 bridgehead atoms. The standard InChI is InChI=1S/C8H8BrClN2O2/c9-5-1-4(7(10)12-3-5)2-6(11)8(13)14/h1,3,6H,2,11H2,(H,13,14). The van der Waals surface area contributed by atoms with Crippen molar-refractivity contribution < 1.29 is 9.90 Å². The van der Waals surface area contributed by atoms with E-state index < -0.39 is 12.0 Å². The Balaban J connectivity index is 2.85. The number of nitrogens with two attached hydrogens (primary N) is 1. The summed E-state index contributed by atoms with van der Waals surface area (Å²) < 4.78 is 0.745. The number of carbonyl (C=O) groups is 1. The number of aliphatic carboxylic acids is 1. The van der Waals surface area contributed by atoms with Crippen LogP contribution in [0.1, 0.15) is 5.56 Å².